The minimum Gasteiger partial charge on any atom is -0.445 e. The second-order valence-electron chi connectivity index (χ2n) is 4.51. The molecule has 1 aliphatic heterocycles. The fourth-order valence-corrected chi connectivity index (χ4v) is 2.83. The summed E-state index contributed by atoms with van der Waals surface area (Å²) in [5.74, 6) is 0. The van der Waals surface area contributed by atoms with Gasteiger partial charge in [-0.1, -0.05) is 46.3 Å². The first-order valence-corrected chi connectivity index (χ1v) is 7.46. The van der Waals surface area contributed by atoms with Gasteiger partial charge in [0.1, 0.15) is 6.61 Å². The minimum absolute atomic E-state index is 0.178. The van der Waals surface area contributed by atoms with Crippen molar-refractivity contribution in [3.63, 3.8) is 0 Å². The van der Waals surface area contributed by atoms with E-state index in [-0.39, 0.29) is 6.09 Å². The minimum atomic E-state index is -0.178. The van der Waals surface area contributed by atoms with Crippen molar-refractivity contribution in [2.75, 3.05) is 11.9 Å². The van der Waals surface area contributed by atoms with Crippen LogP contribution >= 0.6 is 15.9 Å². The molecule has 1 aliphatic rings. The lowest BCUT2D eigenvalue weighted by atomic mass is 10.2. The third kappa shape index (κ3) is 3.48. The molecule has 1 fully saturated rings. The van der Waals surface area contributed by atoms with E-state index in [1.807, 2.05) is 35.2 Å². The number of hydrogen-bond acceptors (Lipinski definition) is 2. The summed E-state index contributed by atoms with van der Waals surface area (Å²) in [4.78, 5) is 13.9. The van der Waals surface area contributed by atoms with Crippen LogP contribution in [0.25, 0.3) is 0 Å². The Kier molecular flexibility index (Phi) is 5.05. The Bertz CT molecular complexity index is 383. The van der Waals surface area contributed by atoms with Gasteiger partial charge in [0.25, 0.3) is 0 Å². The van der Waals surface area contributed by atoms with E-state index >= 15 is 0 Å². The number of likely N-dealkylation sites (tertiary alicyclic amines) is 1. The van der Waals surface area contributed by atoms with Crippen LogP contribution in [0.2, 0.25) is 0 Å². The van der Waals surface area contributed by atoms with Crippen molar-refractivity contribution in [1.82, 2.24) is 4.90 Å². The average Bonchev–Trinajstić information content (AvgIpc) is 2.86. The van der Waals surface area contributed by atoms with E-state index in [0.717, 1.165) is 36.7 Å². The van der Waals surface area contributed by atoms with E-state index in [0.29, 0.717) is 12.6 Å². The largest absolute Gasteiger partial charge is 0.445 e. The highest BCUT2D eigenvalue weighted by Crippen LogP contribution is 2.21. The molecule has 1 saturated heterocycles. The van der Waals surface area contributed by atoms with Gasteiger partial charge in [0, 0.05) is 17.9 Å². The van der Waals surface area contributed by atoms with Crippen LogP contribution in [-0.2, 0) is 11.3 Å². The Balaban J connectivity index is 1.84. The summed E-state index contributed by atoms with van der Waals surface area (Å²) in [5, 5.41) is 0.931. The number of benzene rings is 1. The van der Waals surface area contributed by atoms with Crippen molar-refractivity contribution in [3.05, 3.63) is 35.9 Å². The Morgan fingerprint density at radius 2 is 2.17 bits per heavy atom. The number of halogens is 1. The van der Waals surface area contributed by atoms with Crippen LogP contribution in [0, 0.1) is 0 Å². The van der Waals surface area contributed by atoms with Gasteiger partial charge in [-0.05, 0) is 24.8 Å². The van der Waals surface area contributed by atoms with Gasteiger partial charge in [0.05, 0.1) is 0 Å². The zero-order valence-corrected chi connectivity index (χ0v) is 11.9. The fourth-order valence-electron chi connectivity index (χ4n) is 2.30. The molecule has 1 atom stereocenters. The SMILES string of the molecule is O=C(OCc1ccccc1)N1CCCC1CCBr. The van der Waals surface area contributed by atoms with Gasteiger partial charge in [-0.3, -0.25) is 0 Å². The Hall–Kier alpha value is -1.03. The van der Waals surface area contributed by atoms with Crippen LogP contribution in [0.15, 0.2) is 30.3 Å². The van der Waals surface area contributed by atoms with Crippen LogP contribution < -0.4 is 0 Å². The van der Waals surface area contributed by atoms with E-state index in [1.165, 1.54) is 0 Å². The summed E-state index contributed by atoms with van der Waals surface area (Å²) < 4.78 is 5.36. The predicted molar refractivity (Wildman–Crippen MR) is 74.8 cm³/mol. The van der Waals surface area contributed by atoms with Crippen LogP contribution in [0.3, 0.4) is 0 Å². The Labute approximate surface area is 116 Å². The first-order chi connectivity index (χ1) is 8.81. The molecule has 2 rings (SSSR count). The van der Waals surface area contributed by atoms with Crippen molar-refractivity contribution in [1.29, 1.82) is 0 Å². The lowest BCUT2D eigenvalue weighted by molar-refractivity contribution is 0.0917. The van der Waals surface area contributed by atoms with Crippen LogP contribution in [0.1, 0.15) is 24.8 Å². The van der Waals surface area contributed by atoms with Gasteiger partial charge in [-0.25, -0.2) is 4.79 Å². The molecule has 0 saturated carbocycles. The molecule has 1 heterocycles. The summed E-state index contributed by atoms with van der Waals surface area (Å²) in [6, 6.07) is 10.1. The molecule has 0 spiro atoms. The zero-order valence-electron chi connectivity index (χ0n) is 10.3. The molecule has 3 nitrogen and oxygen atoms in total. The lowest BCUT2D eigenvalue weighted by Crippen LogP contribution is -2.36. The van der Waals surface area contributed by atoms with Crippen molar-refractivity contribution < 1.29 is 9.53 Å². The Morgan fingerprint density at radius 3 is 2.89 bits per heavy atom. The highest BCUT2D eigenvalue weighted by Gasteiger charge is 2.29. The molecular formula is C14H18BrNO2. The van der Waals surface area contributed by atoms with Crippen molar-refractivity contribution in [2.24, 2.45) is 0 Å². The summed E-state index contributed by atoms with van der Waals surface area (Å²) in [6.07, 6.45) is 2.99. The molecule has 0 aromatic heterocycles. The average molecular weight is 312 g/mol. The normalized spacial score (nSPS) is 18.9. The molecule has 4 heteroatoms. The van der Waals surface area contributed by atoms with Gasteiger partial charge >= 0.3 is 6.09 Å². The van der Waals surface area contributed by atoms with Gasteiger partial charge < -0.3 is 9.64 Å². The van der Waals surface area contributed by atoms with Gasteiger partial charge in [0.15, 0.2) is 0 Å². The lowest BCUT2D eigenvalue weighted by Gasteiger charge is -2.23. The number of amides is 1. The Morgan fingerprint density at radius 1 is 1.39 bits per heavy atom. The quantitative estimate of drug-likeness (QED) is 0.796. The molecule has 18 heavy (non-hydrogen) atoms. The second kappa shape index (κ2) is 6.78. The van der Waals surface area contributed by atoms with Crippen molar-refractivity contribution in [2.45, 2.75) is 31.9 Å². The maximum atomic E-state index is 12.0. The van der Waals surface area contributed by atoms with Gasteiger partial charge in [-0.15, -0.1) is 0 Å². The van der Waals surface area contributed by atoms with Crippen molar-refractivity contribution in [3.8, 4) is 0 Å². The number of nitrogens with zero attached hydrogens (tertiary/aromatic N) is 1. The summed E-state index contributed by atoms with van der Waals surface area (Å²) in [5.41, 5.74) is 1.03. The first kappa shape index (κ1) is 13.4. The van der Waals surface area contributed by atoms with E-state index < -0.39 is 0 Å². The second-order valence-corrected chi connectivity index (χ2v) is 5.30. The summed E-state index contributed by atoms with van der Waals surface area (Å²) in [6.45, 7) is 1.18. The smallest absolute Gasteiger partial charge is 0.410 e. The van der Waals surface area contributed by atoms with E-state index in [9.17, 15) is 4.79 Å². The van der Waals surface area contributed by atoms with Crippen LogP contribution in [0.4, 0.5) is 4.79 Å². The molecule has 1 aromatic rings. The molecule has 0 N–H and O–H groups in total. The highest BCUT2D eigenvalue weighted by molar-refractivity contribution is 9.09. The third-order valence-corrected chi connectivity index (χ3v) is 3.72. The van der Waals surface area contributed by atoms with E-state index in [1.54, 1.807) is 0 Å². The number of alkyl halides is 1. The van der Waals surface area contributed by atoms with Crippen molar-refractivity contribution >= 4 is 22.0 Å². The highest BCUT2D eigenvalue weighted by atomic mass is 79.9. The molecule has 0 radical (unpaired) electrons. The number of hydrogen-bond donors (Lipinski definition) is 0. The summed E-state index contributed by atoms with van der Waals surface area (Å²) >= 11 is 3.43. The van der Waals surface area contributed by atoms with Crippen LogP contribution in [0.5, 0.6) is 0 Å². The van der Waals surface area contributed by atoms with Gasteiger partial charge in [0.2, 0.25) is 0 Å². The van der Waals surface area contributed by atoms with Crippen LogP contribution in [-0.4, -0.2) is 28.9 Å². The third-order valence-electron chi connectivity index (χ3n) is 3.26. The first-order valence-electron chi connectivity index (χ1n) is 6.34. The van der Waals surface area contributed by atoms with Gasteiger partial charge in [-0.2, -0.15) is 0 Å². The molecule has 1 amide bonds. The molecular weight excluding hydrogens is 294 g/mol. The predicted octanol–water partition coefficient (Wildman–Crippen LogP) is 3.57. The van der Waals surface area contributed by atoms with E-state index in [4.69, 9.17) is 4.74 Å². The number of ether oxygens (including phenoxy) is 1. The maximum Gasteiger partial charge on any atom is 0.410 e. The topological polar surface area (TPSA) is 29.5 Å². The monoisotopic (exact) mass is 311 g/mol. The summed E-state index contributed by atoms with van der Waals surface area (Å²) in [7, 11) is 0. The fraction of sp³-hybridized carbons (Fsp3) is 0.500. The molecule has 1 aromatic carbocycles. The molecule has 0 bridgehead atoms. The molecule has 98 valence electrons. The maximum absolute atomic E-state index is 12.0. The number of rotatable bonds is 4. The standard InChI is InChI=1S/C14H18BrNO2/c15-9-8-13-7-4-10-16(13)14(17)18-11-12-5-2-1-3-6-12/h1-3,5-6,13H,4,7-11H2. The molecule has 1 unspecified atom stereocenters. The number of carbonyl (C=O) groups excluding carboxylic acids is 1. The zero-order chi connectivity index (χ0) is 12.8. The number of carbonyl (C=O) groups is 1. The van der Waals surface area contributed by atoms with E-state index in [2.05, 4.69) is 15.9 Å². The molecule has 0 aliphatic carbocycles.